The van der Waals surface area contributed by atoms with Gasteiger partial charge in [-0.05, 0) is 55.2 Å². The molecule has 2 aromatic rings. The Morgan fingerprint density at radius 2 is 1.71 bits per heavy atom. The molecular formula is C26H31F4N3O4S. The zero-order chi connectivity index (χ0) is 28.1. The summed E-state index contributed by atoms with van der Waals surface area (Å²) in [5.41, 5.74) is -0.903. The van der Waals surface area contributed by atoms with Gasteiger partial charge in [0.25, 0.3) is 0 Å². The van der Waals surface area contributed by atoms with Crippen LogP contribution in [0.4, 0.5) is 23.2 Å². The third-order valence-electron chi connectivity index (χ3n) is 6.49. The zero-order valence-corrected chi connectivity index (χ0v) is 22.0. The standard InChI is InChI=1S/C26H31F4N3O4S/c1-3-23(25(35)31-21-8-4-5-9-21)32(16-18-11-13-20(27)14-12-18)24(34)17-33(38(2,36)37)22-10-6-7-19(15-22)26(28,29)30/h6-7,10-15,21,23H,3-5,8-9,16-17H2,1-2H3,(H,31,35)/t23-/m1/s1. The van der Waals surface area contributed by atoms with Crippen molar-refractivity contribution in [2.45, 2.75) is 63.8 Å². The molecule has 0 aliphatic heterocycles. The molecule has 0 bridgehead atoms. The van der Waals surface area contributed by atoms with Crippen LogP contribution in [0.25, 0.3) is 0 Å². The molecule has 1 aliphatic rings. The Bertz CT molecular complexity index is 1230. The molecule has 0 radical (unpaired) electrons. The van der Waals surface area contributed by atoms with Gasteiger partial charge < -0.3 is 10.2 Å². The molecule has 2 aromatic carbocycles. The fourth-order valence-electron chi connectivity index (χ4n) is 4.52. The molecule has 1 N–H and O–H groups in total. The van der Waals surface area contributed by atoms with Gasteiger partial charge in [0.2, 0.25) is 21.8 Å². The van der Waals surface area contributed by atoms with E-state index in [2.05, 4.69) is 5.32 Å². The Morgan fingerprint density at radius 3 is 2.26 bits per heavy atom. The number of carbonyl (C=O) groups is 2. The van der Waals surface area contributed by atoms with Gasteiger partial charge in [-0.3, -0.25) is 13.9 Å². The maximum absolute atomic E-state index is 13.6. The number of nitrogens with zero attached hydrogens (tertiary/aromatic N) is 2. The summed E-state index contributed by atoms with van der Waals surface area (Å²) in [6.07, 6.45) is -0.163. The highest BCUT2D eigenvalue weighted by molar-refractivity contribution is 7.92. The molecule has 7 nitrogen and oxygen atoms in total. The molecule has 3 rings (SSSR count). The largest absolute Gasteiger partial charge is 0.416 e. The molecule has 0 aromatic heterocycles. The number of hydrogen-bond acceptors (Lipinski definition) is 4. The number of anilines is 1. The first-order chi connectivity index (χ1) is 17.8. The predicted octanol–water partition coefficient (Wildman–Crippen LogP) is 4.48. The van der Waals surface area contributed by atoms with Gasteiger partial charge in [0.1, 0.15) is 18.4 Å². The molecule has 208 valence electrons. The minimum absolute atomic E-state index is 0.0306. The lowest BCUT2D eigenvalue weighted by Gasteiger charge is -2.33. The number of amides is 2. The Kier molecular flexibility index (Phi) is 9.40. The van der Waals surface area contributed by atoms with Gasteiger partial charge >= 0.3 is 6.18 Å². The monoisotopic (exact) mass is 557 g/mol. The maximum atomic E-state index is 13.6. The van der Waals surface area contributed by atoms with Crippen LogP contribution >= 0.6 is 0 Å². The van der Waals surface area contributed by atoms with E-state index >= 15 is 0 Å². The van der Waals surface area contributed by atoms with E-state index in [0.29, 0.717) is 15.9 Å². The van der Waals surface area contributed by atoms with E-state index in [1.54, 1.807) is 6.92 Å². The molecule has 1 fully saturated rings. The molecule has 1 saturated carbocycles. The lowest BCUT2D eigenvalue weighted by molar-refractivity contribution is -0.140. The minimum atomic E-state index is -4.72. The number of hydrogen-bond donors (Lipinski definition) is 1. The molecule has 0 spiro atoms. The molecule has 38 heavy (non-hydrogen) atoms. The minimum Gasteiger partial charge on any atom is -0.352 e. The number of sulfonamides is 1. The first kappa shape index (κ1) is 29.4. The number of carbonyl (C=O) groups excluding carboxylic acids is 2. The van der Waals surface area contributed by atoms with Crippen LogP contribution in [0.3, 0.4) is 0 Å². The van der Waals surface area contributed by atoms with Crippen LogP contribution in [0.5, 0.6) is 0 Å². The summed E-state index contributed by atoms with van der Waals surface area (Å²) in [6.45, 7) is 0.745. The molecular weight excluding hydrogens is 526 g/mol. The Morgan fingerprint density at radius 1 is 1.08 bits per heavy atom. The molecule has 2 amide bonds. The summed E-state index contributed by atoms with van der Waals surface area (Å²) < 4.78 is 79.1. The van der Waals surface area contributed by atoms with Crippen molar-refractivity contribution in [3.05, 3.63) is 65.5 Å². The molecule has 1 atom stereocenters. The van der Waals surface area contributed by atoms with E-state index in [0.717, 1.165) is 50.1 Å². The van der Waals surface area contributed by atoms with E-state index in [9.17, 15) is 35.6 Å². The van der Waals surface area contributed by atoms with Crippen molar-refractivity contribution < 1.29 is 35.6 Å². The van der Waals surface area contributed by atoms with Crippen molar-refractivity contribution in [2.75, 3.05) is 17.1 Å². The van der Waals surface area contributed by atoms with Crippen LogP contribution < -0.4 is 9.62 Å². The number of benzene rings is 2. The summed E-state index contributed by atoms with van der Waals surface area (Å²) in [5, 5.41) is 2.95. The smallest absolute Gasteiger partial charge is 0.352 e. The van der Waals surface area contributed by atoms with Crippen LogP contribution in [-0.4, -0.2) is 50.0 Å². The van der Waals surface area contributed by atoms with Crippen LogP contribution in [0.2, 0.25) is 0 Å². The van der Waals surface area contributed by atoms with Crippen LogP contribution in [0.15, 0.2) is 48.5 Å². The molecule has 1 aliphatic carbocycles. The van der Waals surface area contributed by atoms with Crippen molar-refractivity contribution in [1.82, 2.24) is 10.2 Å². The number of rotatable bonds is 10. The quantitative estimate of drug-likeness (QED) is 0.437. The van der Waals surface area contributed by atoms with Gasteiger partial charge in [0, 0.05) is 12.6 Å². The van der Waals surface area contributed by atoms with E-state index in [4.69, 9.17) is 0 Å². The summed E-state index contributed by atoms with van der Waals surface area (Å²) in [6, 6.07) is 7.95. The van der Waals surface area contributed by atoms with E-state index < -0.39 is 52.0 Å². The lowest BCUT2D eigenvalue weighted by Crippen LogP contribution is -2.53. The zero-order valence-electron chi connectivity index (χ0n) is 21.2. The Hall–Kier alpha value is -3.15. The first-order valence-electron chi connectivity index (χ1n) is 12.3. The van der Waals surface area contributed by atoms with Crippen molar-refractivity contribution >= 4 is 27.5 Å². The Balaban J connectivity index is 1.95. The van der Waals surface area contributed by atoms with Crippen LogP contribution in [0, 0.1) is 5.82 Å². The third kappa shape index (κ3) is 7.68. The maximum Gasteiger partial charge on any atom is 0.416 e. The van der Waals surface area contributed by atoms with Gasteiger partial charge in [-0.25, -0.2) is 12.8 Å². The highest BCUT2D eigenvalue weighted by atomic mass is 32.2. The summed E-state index contributed by atoms with van der Waals surface area (Å²) in [7, 11) is -4.19. The Labute approximate surface area is 219 Å². The number of nitrogens with one attached hydrogen (secondary N) is 1. The lowest BCUT2D eigenvalue weighted by atomic mass is 10.1. The summed E-state index contributed by atoms with van der Waals surface area (Å²) in [4.78, 5) is 28.0. The van der Waals surface area contributed by atoms with E-state index in [-0.39, 0.29) is 24.7 Å². The third-order valence-corrected chi connectivity index (χ3v) is 7.63. The predicted molar refractivity (Wildman–Crippen MR) is 135 cm³/mol. The normalized spacial score (nSPS) is 15.2. The molecule has 0 heterocycles. The van der Waals surface area contributed by atoms with Gasteiger partial charge in [0.15, 0.2) is 0 Å². The average Bonchev–Trinajstić information content (AvgIpc) is 3.35. The SMILES string of the molecule is CC[C@H](C(=O)NC1CCCC1)N(Cc1ccc(F)cc1)C(=O)CN(c1cccc(C(F)(F)F)c1)S(C)(=O)=O. The highest BCUT2D eigenvalue weighted by Crippen LogP contribution is 2.32. The van der Waals surface area contributed by atoms with Crippen molar-refractivity contribution in [2.24, 2.45) is 0 Å². The second kappa shape index (κ2) is 12.1. The summed E-state index contributed by atoms with van der Waals surface area (Å²) >= 11 is 0. The fourth-order valence-corrected chi connectivity index (χ4v) is 5.37. The first-order valence-corrected chi connectivity index (χ1v) is 14.1. The van der Waals surface area contributed by atoms with Crippen molar-refractivity contribution in [3.8, 4) is 0 Å². The molecule has 12 heteroatoms. The molecule has 0 unspecified atom stereocenters. The second-order valence-corrected chi connectivity index (χ2v) is 11.3. The molecule has 0 saturated heterocycles. The van der Waals surface area contributed by atoms with Gasteiger partial charge in [-0.2, -0.15) is 13.2 Å². The topological polar surface area (TPSA) is 86.8 Å². The summed E-state index contributed by atoms with van der Waals surface area (Å²) in [5.74, 6) is -1.68. The van der Waals surface area contributed by atoms with Crippen molar-refractivity contribution in [3.63, 3.8) is 0 Å². The average molecular weight is 558 g/mol. The van der Waals surface area contributed by atoms with Crippen LogP contribution in [-0.2, 0) is 32.3 Å². The van der Waals surface area contributed by atoms with E-state index in [1.165, 1.54) is 29.2 Å². The van der Waals surface area contributed by atoms with Crippen molar-refractivity contribution in [1.29, 1.82) is 0 Å². The number of halogens is 4. The van der Waals surface area contributed by atoms with Crippen LogP contribution in [0.1, 0.15) is 50.2 Å². The van der Waals surface area contributed by atoms with Gasteiger partial charge in [0.05, 0.1) is 17.5 Å². The van der Waals surface area contributed by atoms with Gasteiger partial charge in [-0.1, -0.05) is 38.0 Å². The van der Waals surface area contributed by atoms with Gasteiger partial charge in [-0.15, -0.1) is 0 Å². The number of alkyl halides is 3. The second-order valence-electron chi connectivity index (χ2n) is 9.38. The highest BCUT2D eigenvalue weighted by Gasteiger charge is 2.35. The van der Waals surface area contributed by atoms with E-state index in [1.807, 2.05) is 0 Å². The fraction of sp³-hybridized carbons (Fsp3) is 0.462.